The zero-order valence-electron chi connectivity index (χ0n) is 12.2. The van der Waals surface area contributed by atoms with E-state index in [1.807, 2.05) is 0 Å². The second-order valence-electron chi connectivity index (χ2n) is 5.09. The Morgan fingerprint density at radius 2 is 1.87 bits per heavy atom. The van der Waals surface area contributed by atoms with Crippen LogP contribution < -0.4 is 10.7 Å². The Hall–Kier alpha value is -3.02. The minimum Gasteiger partial charge on any atom is -0.350 e. The molecule has 1 aromatic heterocycles. The maximum Gasteiger partial charge on any atom is 0.242 e. The van der Waals surface area contributed by atoms with E-state index in [9.17, 15) is 14.0 Å². The third-order valence-corrected chi connectivity index (χ3v) is 3.46. The van der Waals surface area contributed by atoms with E-state index < -0.39 is 0 Å². The number of carbonyl (C=O) groups is 1. The van der Waals surface area contributed by atoms with Crippen molar-refractivity contribution in [2.45, 2.75) is 13.1 Å². The van der Waals surface area contributed by atoms with Crippen LogP contribution in [0.4, 0.5) is 4.39 Å². The molecule has 0 aliphatic rings. The lowest BCUT2D eigenvalue weighted by Crippen LogP contribution is -2.28. The third kappa shape index (κ3) is 3.42. The summed E-state index contributed by atoms with van der Waals surface area (Å²) in [4.78, 5) is 23.8. The molecule has 2 aromatic carbocycles. The topological polar surface area (TPSA) is 64.0 Å². The number of hydrogen-bond acceptors (Lipinski definition) is 3. The summed E-state index contributed by atoms with van der Waals surface area (Å²) >= 11 is 0. The number of rotatable bonds is 4. The highest BCUT2D eigenvalue weighted by Crippen LogP contribution is 2.07. The summed E-state index contributed by atoms with van der Waals surface area (Å²) in [7, 11) is 0. The number of para-hydroxylation sites is 1. The molecule has 1 N–H and O–H groups in total. The highest BCUT2D eigenvalue weighted by molar-refractivity contribution is 5.81. The van der Waals surface area contributed by atoms with Crippen molar-refractivity contribution in [3.8, 4) is 0 Å². The van der Waals surface area contributed by atoms with Gasteiger partial charge >= 0.3 is 0 Å². The molecule has 0 spiro atoms. The molecular formula is C17H14FN3O2. The van der Waals surface area contributed by atoms with Crippen LogP contribution in [0.15, 0.2) is 59.5 Å². The number of aromatic nitrogens is 2. The summed E-state index contributed by atoms with van der Waals surface area (Å²) < 4.78 is 14.3. The molecule has 3 aromatic rings. The standard InChI is InChI=1S/C17H14FN3O2/c18-13-7-5-12(6-8-13)9-19-17(23)11-21-15-4-2-1-3-14(15)16(22)10-20-21/h1-8,10H,9,11H2,(H,19,23). The fraction of sp³-hybridized carbons (Fsp3) is 0.118. The average molecular weight is 311 g/mol. The molecule has 0 radical (unpaired) electrons. The van der Waals surface area contributed by atoms with Crippen LogP contribution in [-0.4, -0.2) is 15.7 Å². The first kappa shape index (κ1) is 14.9. The van der Waals surface area contributed by atoms with E-state index >= 15 is 0 Å². The van der Waals surface area contributed by atoms with Crippen molar-refractivity contribution in [2.75, 3.05) is 0 Å². The molecule has 0 aliphatic carbocycles. The fourth-order valence-electron chi connectivity index (χ4n) is 2.28. The molecule has 116 valence electrons. The second-order valence-corrected chi connectivity index (χ2v) is 5.09. The fourth-order valence-corrected chi connectivity index (χ4v) is 2.28. The van der Waals surface area contributed by atoms with Gasteiger partial charge in [0.05, 0.1) is 11.7 Å². The van der Waals surface area contributed by atoms with Gasteiger partial charge in [-0.15, -0.1) is 0 Å². The predicted molar refractivity (Wildman–Crippen MR) is 84.2 cm³/mol. The normalized spacial score (nSPS) is 10.7. The van der Waals surface area contributed by atoms with Crippen molar-refractivity contribution < 1.29 is 9.18 Å². The van der Waals surface area contributed by atoms with Gasteiger partial charge in [-0.2, -0.15) is 5.10 Å². The van der Waals surface area contributed by atoms with Crippen LogP contribution in [0, 0.1) is 5.82 Å². The van der Waals surface area contributed by atoms with Crippen molar-refractivity contribution in [3.63, 3.8) is 0 Å². The van der Waals surface area contributed by atoms with Crippen molar-refractivity contribution in [1.29, 1.82) is 0 Å². The Bertz CT molecular complexity index is 904. The summed E-state index contributed by atoms with van der Waals surface area (Å²) in [6.07, 6.45) is 1.20. The summed E-state index contributed by atoms with van der Waals surface area (Å²) in [5.41, 5.74) is 1.23. The third-order valence-electron chi connectivity index (χ3n) is 3.46. The average Bonchev–Trinajstić information content (AvgIpc) is 2.57. The lowest BCUT2D eigenvalue weighted by atomic mass is 10.2. The molecule has 5 nitrogen and oxygen atoms in total. The van der Waals surface area contributed by atoms with Crippen LogP contribution in [0.3, 0.4) is 0 Å². The van der Waals surface area contributed by atoms with Crippen LogP contribution in [0.5, 0.6) is 0 Å². The number of carbonyl (C=O) groups excluding carboxylic acids is 1. The number of halogens is 1. The molecule has 0 atom stereocenters. The molecule has 0 bridgehead atoms. The van der Waals surface area contributed by atoms with Crippen LogP contribution in [-0.2, 0) is 17.9 Å². The van der Waals surface area contributed by atoms with E-state index in [1.165, 1.54) is 23.0 Å². The quantitative estimate of drug-likeness (QED) is 0.800. The molecule has 0 saturated carbocycles. The molecule has 23 heavy (non-hydrogen) atoms. The maximum atomic E-state index is 12.8. The Labute approximate surface area is 131 Å². The van der Waals surface area contributed by atoms with E-state index in [1.54, 1.807) is 36.4 Å². The number of benzene rings is 2. The minimum absolute atomic E-state index is 0.00197. The summed E-state index contributed by atoms with van der Waals surface area (Å²) in [6, 6.07) is 12.9. The molecule has 0 unspecified atom stereocenters. The molecule has 0 fully saturated rings. The molecule has 1 heterocycles. The largest absolute Gasteiger partial charge is 0.350 e. The Kier molecular flexibility index (Phi) is 4.14. The van der Waals surface area contributed by atoms with Gasteiger partial charge in [0.25, 0.3) is 0 Å². The first-order valence-corrected chi connectivity index (χ1v) is 7.09. The molecular weight excluding hydrogens is 297 g/mol. The highest BCUT2D eigenvalue weighted by Gasteiger charge is 2.07. The van der Waals surface area contributed by atoms with E-state index in [2.05, 4.69) is 10.4 Å². The van der Waals surface area contributed by atoms with Crippen molar-refractivity contribution in [2.24, 2.45) is 0 Å². The highest BCUT2D eigenvalue weighted by atomic mass is 19.1. The molecule has 6 heteroatoms. The van der Waals surface area contributed by atoms with Crippen LogP contribution in [0.2, 0.25) is 0 Å². The second kappa shape index (κ2) is 6.39. The van der Waals surface area contributed by atoms with Gasteiger partial charge < -0.3 is 5.32 Å². The van der Waals surface area contributed by atoms with E-state index in [0.29, 0.717) is 17.4 Å². The summed E-state index contributed by atoms with van der Waals surface area (Å²) in [5, 5.41) is 7.27. The number of nitrogens with one attached hydrogen (secondary N) is 1. The number of nitrogens with zero attached hydrogens (tertiary/aromatic N) is 2. The molecule has 3 rings (SSSR count). The summed E-state index contributed by atoms with van der Waals surface area (Å²) in [6.45, 7) is 0.305. The summed E-state index contributed by atoms with van der Waals surface area (Å²) in [5.74, 6) is -0.556. The predicted octanol–water partition coefficient (Wildman–Crippen LogP) is 1.85. The first-order valence-electron chi connectivity index (χ1n) is 7.09. The minimum atomic E-state index is -0.316. The zero-order chi connectivity index (χ0) is 16.2. The Morgan fingerprint density at radius 3 is 2.65 bits per heavy atom. The van der Waals surface area contributed by atoms with Crippen LogP contribution in [0.1, 0.15) is 5.56 Å². The monoisotopic (exact) mass is 311 g/mol. The SMILES string of the molecule is O=C(Cn1ncc(=O)c2ccccc21)NCc1ccc(F)cc1. The number of hydrogen-bond donors (Lipinski definition) is 1. The van der Waals surface area contributed by atoms with E-state index in [-0.39, 0.29) is 23.7 Å². The number of fused-ring (bicyclic) bond motifs is 1. The Morgan fingerprint density at radius 1 is 1.13 bits per heavy atom. The first-order chi connectivity index (χ1) is 11.1. The van der Waals surface area contributed by atoms with E-state index in [0.717, 1.165) is 5.56 Å². The van der Waals surface area contributed by atoms with Crippen LogP contribution in [0.25, 0.3) is 10.9 Å². The van der Waals surface area contributed by atoms with Gasteiger partial charge in [0.2, 0.25) is 11.3 Å². The van der Waals surface area contributed by atoms with Gasteiger partial charge in [-0.1, -0.05) is 24.3 Å². The maximum absolute atomic E-state index is 12.8. The van der Waals surface area contributed by atoms with E-state index in [4.69, 9.17) is 0 Å². The van der Waals surface area contributed by atoms with Crippen LogP contribution >= 0.6 is 0 Å². The van der Waals surface area contributed by atoms with Gasteiger partial charge in [0, 0.05) is 11.9 Å². The van der Waals surface area contributed by atoms with Gasteiger partial charge in [-0.05, 0) is 29.8 Å². The lowest BCUT2D eigenvalue weighted by Gasteiger charge is -2.09. The van der Waals surface area contributed by atoms with Crippen molar-refractivity contribution >= 4 is 16.8 Å². The zero-order valence-corrected chi connectivity index (χ0v) is 12.2. The number of amides is 1. The van der Waals surface area contributed by atoms with Crippen molar-refractivity contribution in [1.82, 2.24) is 15.1 Å². The van der Waals surface area contributed by atoms with Gasteiger partial charge in [-0.25, -0.2) is 4.39 Å². The Balaban J connectivity index is 1.72. The smallest absolute Gasteiger partial charge is 0.242 e. The molecule has 0 aliphatic heterocycles. The van der Waals surface area contributed by atoms with Gasteiger partial charge in [-0.3, -0.25) is 14.3 Å². The van der Waals surface area contributed by atoms with Gasteiger partial charge in [0.1, 0.15) is 12.4 Å². The lowest BCUT2D eigenvalue weighted by molar-refractivity contribution is -0.121. The molecule has 1 amide bonds. The molecule has 0 saturated heterocycles. The van der Waals surface area contributed by atoms with Crippen molar-refractivity contribution in [3.05, 3.63) is 76.3 Å². The van der Waals surface area contributed by atoms with Gasteiger partial charge in [0.15, 0.2) is 0 Å².